The van der Waals surface area contributed by atoms with Crippen LogP contribution >= 0.6 is 0 Å². The van der Waals surface area contributed by atoms with Crippen LogP contribution in [0.5, 0.6) is 0 Å². The molecule has 0 fully saturated rings. The van der Waals surface area contributed by atoms with Crippen molar-refractivity contribution >= 4 is 45.6 Å². The highest BCUT2D eigenvalue weighted by Crippen LogP contribution is 2.37. The number of nitrogens with zero attached hydrogens (tertiary/aromatic N) is 1. The Kier molecular flexibility index (Phi) is 7.62. The fourth-order valence-electron chi connectivity index (χ4n) is 4.88. The summed E-state index contributed by atoms with van der Waals surface area (Å²) in [6.07, 6.45) is 0. The molecule has 0 saturated carbocycles. The fourth-order valence-corrected chi connectivity index (χ4v) is 4.88. The van der Waals surface area contributed by atoms with E-state index in [0.717, 1.165) is 43.6 Å². The van der Waals surface area contributed by atoms with Crippen molar-refractivity contribution < 1.29 is 19.1 Å². The number of nitrogens with one attached hydrogen (secondary N) is 1. The Morgan fingerprint density at radius 3 is 1.95 bits per heavy atom. The van der Waals surface area contributed by atoms with Crippen molar-refractivity contribution in [3.63, 3.8) is 0 Å². The van der Waals surface area contributed by atoms with Gasteiger partial charge >= 0.3 is 5.97 Å². The number of hydrogen-bond acceptors (Lipinski definition) is 5. The molecule has 4 aromatic carbocycles. The van der Waals surface area contributed by atoms with Crippen LogP contribution in [0.25, 0.3) is 10.8 Å². The van der Waals surface area contributed by atoms with Gasteiger partial charge < -0.3 is 10.1 Å². The normalized spacial score (nSPS) is 10.8. The van der Waals surface area contributed by atoms with E-state index < -0.39 is 17.8 Å². The van der Waals surface area contributed by atoms with Gasteiger partial charge in [0.1, 0.15) is 0 Å². The lowest BCUT2D eigenvalue weighted by Gasteiger charge is -2.26. The van der Waals surface area contributed by atoms with Gasteiger partial charge in [-0.05, 0) is 68.3 Å². The molecule has 38 heavy (non-hydrogen) atoms. The van der Waals surface area contributed by atoms with Gasteiger partial charge in [0, 0.05) is 18.0 Å². The summed E-state index contributed by atoms with van der Waals surface area (Å²) < 4.78 is 5.47. The minimum absolute atomic E-state index is 0.0914. The maximum atomic E-state index is 14.3. The summed E-state index contributed by atoms with van der Waals surface area (Å²) in [5, 5.41) is 4.97. The molecular formula is C32H32N2O4. The molecule has 0 spiro atoms. The molecule has 6 nitrogen and oxygen atoms in total. The van der Waals surface area contributed by atoms with Crippen LogP contribution in [-0.2, 0) is 9.53 Å². The molecular weight excluding hydrogens is 476 g/mol. The van der Waals surface area contributed by atoms with E-state index in [4.69, 9.17) is 4.74 Å². The molecule has 0 saturated heterocycles. The molecule has 0 atom stereocenters. The quantitative estimate of drug-likeness (QED) is 0.279. The Morgan fingerprint density at radius 1 is 0.789 bits per heavy atom. The summed E-state index contributed by atoms with van der Waals surface area (Å²) in [6.45, 7) is 10.9. The first-order valence-corrected chi connectivity index (χ1v) is 12.6. The number of para-hydroxylation sites is 2. The third kappa shape index (κ3) is 4.90. The lowest BCUT2D eigenvalue weighted by Crippen LogP contribution is -2.37. The molecule has 0 aliphatic carbocycles. The molecule has 4 rings (SSSR count). The largest absolute Gasteiger partial charge is 0.462 e. The van der Waals surface area contributed by atoms with Crippen molar-refractivity contribution in [2.45, 2.75) is 41.5 Å². The van der Waals surface area contributed by atoms with Crippen LogP contribution in [-0.4, -0.2) is 24.4 Å². The van der Waals surface area contributed by atoms with Gasteiger partial charge in [0.25, 0.3) is 5.91 Å². The van der Waals surface area contributed by atoms with Gasteiger partial charge in [0.05, 0.1) is 29.1 Å². The van der Waals surface area contributed by atoms with Gasteiger partial charge in [-0.1, -0.05) is 60.7 Å². The van der Waals surface area contributed by atoms with Crippen LogP contribution in [0.15, 0.2) is 66.7 Å². The second kappa shape index (κ2) is 10.9. The van der Waals surface area contributed by atoms with Crippen LogP contribution in [0.3, 0.4) is 0 Å². The number of aryl methyl sites for hydroxylation is 4. The summed E-state index contributed by atoms with van der Waals surface area (Å²) >= 11 is 0. The van der Waals surface area contributed by atoms with Gasteiger partial charge in [-0.15, -0.1) is 0 Å². The number of benzene rings is 4. The Balaban J connectivity index is 2.05. The number of esters is 1. The van der Waals surface area contributed by atoms with Crippen molar-refractivity contribution in [2.24, 2.45) is 0 Å². The zero-order valence-electron chi connectivity index (χ0n) is 22.6. The Morgan fingerprint density at radius 2 is 1.37 bits per heavy atom. The molecule has 0 bridgehead atoms. The molecule has 0 unspecified atom stereocenters. The highest BCUT2D eigenvalue weighted by Gasteiger charge is 2.31. The van der Waals surface area contributed by atoms with E-state index in [-0.39, 0.29) is 17.7 Å². The molecule has 4 aromatic rings. The lowest BCUT2D eigenvalue weighted by atomic mass is 9.95. The third-order valence-electron chi connectivity index (χ3n) is 6.67. The molecule has 0 aliphatic rings. The number of ether oxygens (including phenoxy) is 1. The van der Waals surface area contributed by atoms with Crippen LogP contribution < -0.4 is 10.2 Å². The fraction of sp³-hybridized carbons (Fsp3) is 0.219. The molecule has 2 amide bonds. The van der Waals surface area contributed by atoms with Gasteiger partial charge in [-0.25, -0.2) is 9.69 Å². The van der Waals surface area contributed by atoms with E-state index in [1.807, 2.05) is 88.4 Å². The number of carbonyl (C=O) groups is 3. The summed E-state index contributed by atoms with van der Waals surface area (Å²) in [5.41, 5.74) is 5.53. The monoisotopic (exact) mass is 508 g/mol. The van der Waals surface area contributed by atoms with Crippen molar-refractivity contribution in [3.05, 3.63) is 100 Å². The van der Waals surface area contributed by atoms with E-state index in [9.17, 15) is 14.4 Å². The predicted octanol–water partition coefficient (Wildman–Crippen LogP) is 7.19. The lowest BCUT2D eigenvalue weighted by molar-refractivity contribution is -0.116. The number of imide groups is 1. The first kappa shape index (κ1) is 26.6. The molecule has 0 radical (unpaired) electrons. The maximum absolute atomic E-state index is 14.3. The smallest absolute Gasteiger partial charge is 0.341 e. The maximum Gasteiger partial charge on any atom is 0.341 e. The highest BCUT2D eigenvalue weighted by atomic mass is 16.5. The van der Waals surface area contributed by atoms with Crippen LogP contribution in [0, 0.1) is 27.7 Å². The van der Waals surface area contributed by atoms with Crippen molar-refractivity contribution in [1.82, 2.24) is 0 Å². The van der Waals surface area contributed by atoms with E-state index in [0.29, 0.717) is 11.4 Å². The summed E-state index contributed by atoms with van der Waals surface area (Å²) in [7, 11) is 0. The molecule has 0 aliphatic heterocycles. The first-order chi connectivity index (χ1) is 18.1. The number of anilines is 3. The van der Waals surface area contributed by atoms with Crippen LogP contribution in [0.2, 0.25) is 0 Å². The minimum atomic E-state index is -0.639. The molecule has 1 N–H and O–H groups in total. The average molecular weight is 509 g/mol. The summed E-state index contributed by atoms with van der Waals surface area (Å²) in [5.74, 6) is -1.67. The topological polar surface area (TPSA) is 75.7 Å². The predicted molar refractivity (Wildman–Crippen MR) is 153 cm³/mol. The second-order valence-electron chi connectivity index (χ2n) is 9.41. The van der Waals surface area contributed by atoms with Gasteiger partial charge in [-0.3, -0.25) is 9.59 Å². The van der Waals surface area contributed by atoms with Crippen LogP contribution in [0.4, 0.5) is 17.1 Å². The number of fused-ring (bicyclic) bond motifs is 1. The standard InChI is InChI=1S/C32H32N2O4/c1-7-38-32(37)27-26(31(36)34(23(6)35)30-21(4)14-11-15-22(30)5)18-24-16-8-9-17-25(24)29(27)33-28-19(2)12-10-13-20(28)3/h8-18,33H,7H2,1-6H3. The molecule has 0 heterocycles. The highest BCUT2D eigenvalue weighted by molar-refractivity contribution is 6.26. The van der Waals surface area contributed by atoms with E-state index >= 15 is 0 Å². The zero-order valence-corrected chi connectivity index (χ0v) is 22.6. The number of carbonyl (C=O) groups excluding carboxylic acids is 3. The second-order valence-corrected chi connectivity index (χ2v) is 9.41. The Bertz CT molecular complexity index is 1530. The molecule has 6 heteroatoms. The van der Waals surface area contributed by atoms with E-state index in [1.54, 1.807) is 13.0 Å². The van der Waals surface area contributed by atoms with Crippen molar-refractivity contribution in [2.75, 3.05) is 16.8 Å². The van der Waals surface area contributed by atoms with E-state index in [1.165, 1.54) is 6.92 Å². The number of amides is 2. The summed E-state index contributed by atoms with van der Waals surface area (Å²) in [4.78, 5) is 41.9. The van der Waals surface area contributed by atoms with Gasteiger partial charge in [0.15, 0.2) is 0 Å². The average Bonchev–Trinajstić information content (AvgIpc) is 2.87. The van der Waals surface area contributed by atoms with E-state index in [2.05, 4.69) is 5.32 Å². The minimum Gasteiger partial charge on any atom is -0.462 e. The number of rotatable bonds is 6. The Hall–Kier alpha value is -4.45. The first-order valence-electron chi connectivity index (χ1n) is 12.6. The van der Waals surface area contributed by atoms with Gasteiger partial charge in [-0.2, -0.15) is 0 Å². The molecule has 0 aromatic heterocycles. The SMILES string of the molecule is CCOC(=O)c1c(C(=O)N(C(C)=O)c2c(C)cccc2C)cc2ccccc2c1Nc1c(C)cccc1C. The summed E-state index contributed by atoms with van der Waals surface area (Å²) in [6, 6.07) is 20.7. The zero-order chi connectivity index (χ0) is 27.6. The van der Waals surface area contributed by atoms with Crippen LogP contribution in [0.1, 0.15) is 56.8 Å². The van der Waals surface area contributed by atoms with Gasteiger partial charge in [0.2, 0.25) is 5.91 Å². The number of hydrogen-bond donors (Lipinski definition) is 1. The van der Waals surface area contributed by atoms with Crippen molar-refractivity contribution in [3.8, 4) is 0 Å². The third-order valence-corrected chi connectivity index (χ3v) is 6.67. The Labute approximate surface area is 223 Å². The molecule has 194 valence electrons. The van der Waals surface area contributed by atoms with Crippen molar-refractivity contribution in [1.29, 1.82) is 0 Å².